The number of anilines is 1. The second kappa shape index (κ2) is 9.14. The molecule has 29 heavy (non-hydrogen) atoms. The van der Waals surface area contributed by atoms with Gasteiger partial charge in [0.1, 0.15) is 23.6 Å². The highest BCUT2D eigenvalue weighted by atomic mass is 16.3. The van der Waals surface area contributed by atoms with Crippen molar-refractivity contribution in [2.75, 3.05) is 18.4 Å². The van der Waals surface area contributed by atoms with E-state index >= 15 is 0 Å². The van der Waals surface area contributed by atoms with Gasteiger partial charge < -0.3 is 19.7 Å². The largest absolute Gasteiger partial charge is 0.507 e. The Balaban J connectivity index is 2.05. The van der Waals surface area contributed by atoms with E-state index in [0.717, 1.165) is 48.1 Å². The van der Waals surface area contributed by atoms with Crippen LogP contribution in [0, 0.1) is 13.8 Å². The van der Waals surface area contributed by atoms with Gasteiger partial charge in [-0.2, -0.15) is 0 Å². The first-order valence-electron chi connectivity index (χ1n) is 10.4. The van der Waals surface area contributed by atoms with Crippen LogP contribution in [0.5, 0.6) is 5.75 Å². The number of carbonyl (C=O) groups excluding carboxylic acids is 1. The molecule has 5 heteroatoms. The van der Waals surface area contributed by atoms with E-state index in [-0.39, 0.29) is 11.7 Å². The van der Waals surface area contributed by atoms with Crippen molar-refractivity contribution < 1.29 is 19.2 Å². The van der Waals surface area contributed by atoms with Gasteiger partial charge in [-0.15, -0.1) is 0 Å². The number of quaternary nitrogens is 1. The Morgan fingerprint density at radius 2 is 1.76 bits per heavy atom. The van der Waals surface area contributed by atoms with Crippen LogP contribution in [0.15, 0.2) is 40.8 Å². The quantitative estimate of drug-likeness (QED) is 0.535. The normalized spacial score (nSPS) is 11.3. The number of phenolic OH excluding ortho intramolecular Hbond substituents is 1. The third-order valence-corrected chi connectivity index (χ3v) is 5.37. The molecule has 0 radical (unpaired) electrons. The van der Waals surface area contributed by atoms with Crippen LogP contribution in [0.3, 0.4) is 0 Å². The molecule has 3 rings (SSSR count). The molecule has 1 amide bonds. The fourth-order valence-electron chi connectivity index (χ4n) is 3.98. The van der Waals surface area contributed by atoms with Gasteiger partial charge in [0.2, 0.25) is 0 Å². The number of nitrogens with one attached hydrogen (secondary N) is 2. The van der Waals surface area contributed by atoms with E-state index in [1.165, 1.54) is 4.90 Å². The average molecular weight is 396 g/mol. The first-order valence-corrected chi connectivity index (χ1v) is 10.4. The Kier molecular flexibility index (Phi) is 6.60. The molecule has 0 aliphatic heterocycles. The highest BCUT2D eigenvalue weighted by molar-refractivity contribution is 6.14. The van der Waals surface area contributed by atoms with Crippen molar-refractivity contribution in [2.45, 2.75) is 47.1 Å². The van der Waals surface area contributed by atoms with Crippen molar-refractivity contribution in [1.82, 2.24) is 0 Å². The van der Waals surface area contributed by atoms with E-state index < -0.39 is 0 Å². The fourth-order valence-corrected chi connectivity index (χ4v) is 3.98. The van der Waals surface area contributed by atoms with Crippen molar-refractivity contribution in [3.05, 3.63) is 58.8 Å². The van der Waals surface area contributed by atoms with E-state index in [0.29, 0.717) is 23.5 Å². The van der Waals surface area contributed by atoms with Gasteiger partial charge in [0, 0.05) is 11.1 Å². The number of rotatable bonds is 8. The van der Waals surface area contributed by atoms with Crippen LogP contribution in [-0.2, 0) is 6.54 Å². The Bertz CT molecular complexity index is 1000. The minimum atomic E-state index is -0.213. The van der Waals surface area contributed by atoms with E-state index in [9.17, 15) is 9.90 Å². The molecule has 0 bridgehead atoms. The van der Waals surface area contributed by atoms with Crippen molar-refractivity contribution >= 4 is 22.6 Å². The number of para-hydroxylation sites is 1. The molecule has 1 aromatic heterocycles. The summed E-state index contributed by atoms with van der Waals surface area (Å²) < 4.78 is 5.90. The topological polar surface area (TPSA) is 66.9 Å². The summed E-state index contributed by atoms with van der Waals surface area (Å²) in [6.07, 6.45) is 2.13. The maximum absolute atomic E-state index is 13.2. The highest BCUT2D eigenvalue weighted by Crippen LogP contribution is 2.34. The zero-order valence-electron chi connectivity index (χ0n) is 17.8. The average Bonchev–Trinajstić information content (AvgIpc) is 3.02. The minimum absolute atomic E-state index is 0.213. The third kappa shape index (κ3) is 4.46. The Morgan fingerprint density at radius 1 is 1.07 bits per heavy atom. The molecule has 0 aliphatic carbocycles. The molecule has 3 N–H and O–H groups in total. The van der Waals surface area contributed by atoms with Crippen LogP contribution in [0.25, 0.3) is 11.0 Å². The summed E-state index contributed by atoms with van der Waals surface area (Å²) >= 11 is 0. The fraction of sp³-hybridized carbons (Fsp3) is 0.375. The minimum Gasteiger partial charge on any atom is -0.507 e. The van der Waals surface area contributed by atoms with Crippen LogP contribution in [0.1, 0.15) is 53.9 Å². The maximum atomic E-state index is 13.2. The van der Waals surface area contributed by atoms with Gasteiger partial charge in [0.25, 0.3) is 5.91 Å². The summed E-state index contributed by atoms with van der Waals surface area (Å²) in [6, 6.07) is 11.1. The lowest BCUT2D eigenvalue weighted by molar-refractivity contribution is -0.913. The number of amides is 1. The van der Waals surface area contributed by atoms with E-state index in [4.69, 9.17) is 4.42 Å². The molecule has 0 aliphatic rings. The van der Waals surface area contributed by atoms with Gasteiger partial charge in [-0.1, -0.05) is 32.0 Å². The van der Waals surface area contributed by atoms with Crippen LogP contribution in [0.2, 0.25) is 0 Å². The number of carbonyl (C=O) groups is 1. The number of furan rings is 1. The van der Waals surface area contributed by atoms with Crippen LogP contribution in [-0.4, -0.2) is 24.1 Å². The molecule has 0 unspecified atom stereocenters. The summed E-state index contributed by atoms with van der Waals surface area (Å²) in [5.74, 6) is 0.563. The lowest BCUT2D eigenvalue weighted by Gasteiger charge is -2.19. The molecule has 1 heterocycles. The second-order valence-electron chi connectivity index (χ2n) is 7.67. The molecule has 154 valence electrons. The molecule has 0 saturated carbocycles. The standard InChI is InChI=1S/C24H30N2O3/c1-5-13-26(14-6-2)15-18-20(27)11-12-21-23(18)22(17(4)29-21)24(28)25-19-10-8-7-9-16(19)3/h7-12,27H,5-6,13-15H2,1-4H3,(H,25,28)/p+1. The first kappa shape index (κ1) is 20.9. The van der Waals surface area contributed by atoms with Crippen molar-refractivity contribution in [1.29, 1.82) is 0 Å². The molecular formula is C24H31N2O3+. The van der Waals surface area contributed by atoms with E-state index in [1.807, 2.05) is 31.2 Å². The summed E-state index contributed by atoms with van der Waals surface area (Å²) in [5, 5.41) is 14.4. The molecule has 0 fully saturated rings. The Morgan fingerprint density at radius 3 is 2.41 bits per heavy atom. The van der Waals surface area contributed by atoms with Crippen LogP contribution >= 0.6 is 0 Å². The summed E-state index contributed by atoms with van der Waals surface area (Å²) in [5.41, 5.74) is 3.69. The van der Waals surface area contributed by atoms with Gasteiger partial charge in [-0.3, -0.25) is 4.79 Å². The predicted octanol–water partition coefficient (Wildman–Crippen LogP) is 4.21. The smallest absolute Gasteiger partial charge is 0.259 e. The first-order chi connectivity index (χ1) is 14.0. The number of fused-ring (bicyclic) bond motifs is 1. The molecule has 5 nitrogen and oxygen atoms in total. The summed E-state index contributed by atoms with van der Waals surface area (Å²) in [6.45, 7) is 10.8. The van der Waals surface area contributed by atoms with E-state index in [2.05, 4.69) is 19.2 Å². The van der Waals surface area contributed by atoms with Gasteiger partial charge in [-0.25, -0.2) is 0 Å². The zero-order valence-corrected chi connectivity index (χ0v) is 17.8. The number of hydrogen-bond donors (Lipinski definition) is 3. The van der Waals surface area contributed by atoms with Crippen molar-refractivity contribution in [3.8, 4) is 5.75 Å². The molecule has 2 aromatic carbocycles. The number of phenols is 1. The lowest BCUT2D eigenvalue weighted by Crippen LogP contribution is -3.10. The van der Waals surface area contributed by atoms with Crippen LogP contribution < -0.4 is 10.2 Å². The van der Waals surface area contributed by atoms with Gasteiger partial charge in [0.05, 0.1) is 24.2 Å². The third-order valence-electron chi connectivity index (χ3n) is 5.37. The van der Waals surface area contributed by atoms with E-state index in [1.54, 1.807) is 19.1 Å². The number of aromatic hydroxyl groups is 1. The maximum Gasteiger partial charge on any atom is 0.259 e. The molecular weight excluding hydrogens is 364 g/mol. The SMILES string of the molecule is CCC[NH+](CCC)Cc1c(O)ccc2oc(C)c(C(=O)Nc3ccccc3C)c12. The van der Waals surface area contributed by atoms with Gasteiger partial charge in [0.15, 0.2) is 0 Å². The highest BCUT2D eigenvalue weighted by Gasteiger charge is 2.25. The molecule has 3 aromatic rings. The van der Waals surface area contributed by atoms with Gasteiger partial charge >= 0.3 is 0 Å². The number of aryl methyl sites for hydroxylation is 2. The lowest BCUT2D eigenvalue weighted by atomic mass is 10.0. The molecule has 0 atom stereocenters. The number of benzene rings is 2. The van der Waals surface area contributed by atoms with Gasteiger partial charge in [-0.05, 0) is 50.5 Å². The zero-order chi connectivity index (χ0) is 21.0. The predicted molar refractivity (Wildman–Crippen MR) is 117 cm³/mol. The summed E-state index contributed by atoms with van der Waals surface area (Å²) in [4.78, 5) is 14.6. The Hall–Kier alpha value is -2.79. The number of hydrogen-bond acceptors (Lipinski definition) is 3. The van der Waals surface area contributed by atoms with Crippen LogP contribution in [0.4, 0.5) is 5.69 Å². The monoisotopic (exact) mass is 395 g/mol. The summed E-state index contributed by atoms with van der Waals surface area (Å²) in [7, 11) is 0. The molecule has 0 saturated heterocycles. The molecule has 0 spiro atoms. The Labute approximate surface area is 172 Å². The second-order valence-corrected chi connectivity index (χ2v) is 7.67. The van der Waals surface area contributed by atoms with Crippen molar-refractivity contribution in [2.24, 2.45) is 0 Å². The van der Waals surface area contributed by atoms with Crippen molar-refractivity contribution in [3.63, 3.8) is 0 Å².